The van der Waals surface area contributed by atoms with E-state index in [4.69, 9.17) is 10.5 Å². The molecule has 1 aliphatic carbocycles. The first-order valence-electron chi connectivity index (χ1n) is 11.1. The van der Waals surface area contributed by atoms with E-state index < -0.39 is 0 Å². The number of carbonyl (C=O) groups is 1. The fourth-order valence-electron chi connectivity index (χ4n) is 4.74. The van der Waals surface area contributed by atoms with Crippen molar-refractivity contribution in [3.63, 3.8) is 0 Å². The Labute approximate surface area is 205 Å². The van der Waals surface area contributed by atoms with Crippen molar-refractivity contribution in [2.24, 2.45) is 11.7 Å². The molecule has 2 atom stereocenters. The van der Waals surface area contributed by atoms with Gasteiger partial charge in [-0.15, -0.1) is 29.9 Å². The molecule has 2 fully saturated rings. The second-order valence-corrected chi connectivity index (χ2v) is 8.72. The summed E-state index contributed by atoms with van der Waals surface area (Å²) >= 11 is 0. The van der Waals surface area contributed by atoms with Gasteiger partial charge in [0.05, 0.1) is 37.0 Å². The molecule has 1 saturated heterocycles. The van der Waals surface area contributed by atoms with Crippen molar-refractivity contribution in [2.75, 3.05) is 13.2 Å². The first-order valence-corrected chi connectivity index (χ1v) is 11.1. The Morgan fingerprint density at radius 3 is 2.73 bits per heavy atom. The van der Waals surface area contributed by atoms with Crippen molar-refractivity contribution in [2.45, 2.75) is 50.2 Å². The van der Waals surface area contributed by atoms with E-state index in [0.717, 1.165) is 43.0 Å². The van der Waals surface area contributed by atoms with Gasteiger partial charge in [0.2, 0.25) is 0 Å². The van der Waals surface area contributed by atoms with Gasteiger partial charge in [0.25, 0.3) is 5.91 Å². The second kappa shape index (κ2) is 11.2. The van der Waals surface area contributed by atoms with E-state index in [1.807, 2.05) is 29.1 Å². The Hall–Kier alpha value is -2.26. The third kappa shape index (κ3) is 5.63. The largest absolute Gasteiger partial charge is 0.379 e. The van der Waals surface area contributed by atoms with Crippen molar-refractivity contribution in [3.05, 3.63) is 54.0 Å². The van der Waals surface area contributed by atoms with E-state index in [1.165, 1.54) is 5.56 Å². The highest BCUT2D eigenvalue weighted by Gasteiger charge is 2.31. The lowest BCUT2D eigenvalue weighted by atomic mass is 9.92. The number of nitrogens with two attached hydrogens (primary N) is 1. The summed E-state index contributed by atoms with van der Waals surface area (Å²) < 4.78 is 7.54. The number of nitrogens with one attached hydrogen (secondary N) is 1. The Morgan fingerprint density at radius 1 is 1.12 bits per heavy atom. The number of rotatable bonds is 5. The topological polar surface area (TPSA) is 108 Å². The molecular formula is C23H30Cl2N6O2. The number of benzene rings is 1. The molecule has 3 heterocycles. The predicted molar refractivity (Wildman–Crippen MR) is 131 cm³/mol. The van der Waals surface area contributed by atoms with Gasteiger partial charge in [-0.2, -0.15) is 0 Å². The molecule has 8 nitrogen and oxygen atoms in total. The van der Waals surface area contributed by atoms with Crippen molar-refractivity contribution in [1.29, 1.82) is 0 Å². The Bertz CT molecular complexity index is 1060. The molecule has 0 radical (unpaired) electrons. The predicted octanol–water partition coefficient (Wildman–Crippen LogP) is 3.10. The van der Waals surface area contributed by atoms with Gasteiger partial charge in [0.15, 0.2) is 5.69 Å². The first-order chi connectivity index (χ1) is 15.2. The summed E-state index contributed by atoms with van der Waals surface area (Å²) in [5.41, 5.74) is 8.56. The number of para-hydroxylation sites is 1. The molecule has 1 amide bonds. The summed E-state index contributed by atoms with van der Waals surface area (Å²) in [6.45, 7) is 1.13. The number of aromatic nitrogens is 4. The highest BCUT2D eigenvalue weighted by Crippen LogP contribution is 2.27. The highest BCUT2D eigenvalue weighted by atomic mass is 35.5. The van der Waals surface area contributed by atoms with Crippen LogP contribution in [0, 0.1) is 5.92 Å². The lowest BCUT2D eigenvalue weighted by molar-refractivity contribution is 0.0920. The molecule has 178 valence electrons. The molecule has 0 unspecified atom stereocenters. The summed E-state index contributed by atoms with van der Waals surface area (Å²) in [5, 5.41) is 12.6. The standard InChI is InChI=1S/C23H28N6O2.2ClH/c24-17-5-7-18(8-6-17)29-12-21(27-28-29)23(30)26-22-14-31-13-16(22)11-15-9-10-25-20-4-2-1-3-19(15)20;;/h1-4,9-10,12,16-18,22H,5-8,11,13-14,24H2,(H,26,30);2*1H/t16-,17?,18?,22+;;/m1../s1. The molecule has 0 bridgehead atoms. The molecular weight excluding hydrogens is 463 g/mol. The minimum Gasteiger partial charge on any atom is -0.379 e. The van der Waals surface area contributed by atoms with Gasteiger partial charge in [0.1, 0.15) is 0 Å². The maximum atomic E-state index is 12.8. The Kier molecular flexibility index (Phi) is 8.64. The number of fused-ring (bicyclic) bond motifs is 1. The number of ether oxygens (including phenoxy) is 1. The fourth-order valence-corrected chi connectivity index (χ4v) is 4.74. The molecule has 2 aliphatic rings. The van der Waals surface area contributed by atoms with Crippen LogP contribution in [-0.4, -0.2) is 51.2 Å². The molecule has 1 aliphatic heterocycles. The maximum absolute atomic E-state index is 12.8. The smallest absolute Gasteiger partial charge is 0.273 e. The number of hydrogen-bond acceptors (Lipinski definition) is 6. The van der Waals surface area contributed by atoms with E-state index in [2.05, 4.69) is 32.7 Å². The van der Waals surface area contributed by atoms with Gasteiger partial charge in [-0.05, 0) is 49.8 Å². The van der Waals surface area contributed by atoms with Crippen LogP contribution in [0.5, 0.6) is 0 Å². The monoisotopic (exact) mass is 492 g/mol. The number of amides is 1. The average molecular weight is 493 g/mol. The van der Waals surface area contributed by atoms with E-state index in [1.54, 1.807) is 6.20 Å². The van der Waals surface area contributed by atoms with Crippen LogP contribution >= 0.6 is 24.8 Å². The Morgan fingerprint density at radius 2 is 1.91 bits per heavy atom. The lowest BCUT2D eigenvalue weighted by Gasteiger charge is -2.25. The molecule has 5 rings (SSSR count). The van der Waals surface area contributed by atoms with Gasteiger partial charge in [-0.1, -0.05) is 23.4 Å². The van der Waals surface area contributed by atoms with Gasteiger partial charge < -0.3 is 15.8 Å². The third-order valence-electron chi connectivity index (χ3n) is 6.59. The first kappa shape index (κ1) is 25.4. The maximum Gasteiger partial charge on any atom is 0.273 e. The van der Waals surface area contributed by atoms with Gasteiger partial charge in [-0.25, -0.2) is 4.68 Å². The zero-order valence-electron chi connectivity index (χ0n) is 18.3. The summed E-state index contributed by atoms with van der Waals surface area (Å²) in [6.07, 6.45) is 8.35. The number of nitrogens with zero attached hydrogens (tertiary/aromatic N) is 4. The molecule has 3 N–H and O–H groups in total. The molecule has 3 aromatic rings. The van der Waals surface area contributed by atoms with Crippen LogP contribution in [0.25, 0.3) is 10.9 Å². The van der Waals surface area contributed by atoms with E-state index in [0.29, 0.717) is 18.9 Å². The summed E-state index contributed by atoms with van der Waals surface area (Å²) in [5.74, 6) is 0.00322. The molecule has 1 aromatic carbocycles. The molecule has 0 spiro atoms. The number of halogens is 2. The molecule has 1 saturated carbocycles. The third-order valence-corrected chi connectivity index (χ3v) is 6.59. The quantitative estimate of drug-likeness (QED) is 0.566. The van der Waals surface area contributed by atoms with Gasteiger partial charge in [-0.3, -0.25) is 9.78 Å². The van der Waals surface area contributed by atoms with Crippen LogP contribution in [0.4, 0.5) is 0 Å². The lowest BCUT2D eigenvalue weighted by Crippen LogP contribution is -2.40. The zero-order valence-corrected chi connectivity index (χ0v) is 19.9. The summed E-state index contributed by atoms with van der Waals surface area (Å²) in [7, 11) is 0. The Balaban J connectivity index is 0.00000153. The van der Waals surface area contributed by atoms with Gasteiger partial charge in [0, 0.05) is 23.5 Å². The molecule has 2 aromatic heterocycles. The van der Waals surface area contributed by atoms with E-state index in [9.17, 15) is 4.79 Å². The molecule has 33 heavy (non-hydrogen) atoms. The van der Waals surface area contributed by atoms with Gasteiger partial charge >= 0.3 is 0 Å². The van der Waals surface area contributed by atoms with Crippen LogP contribution in [0.3, 0.4) is 0 Å². The fraction of sp³-hybridized carbons (Fsp3) is 0.478. The van der Waals surface area contributed by atoms with Crippen molar-refractivity contribution in [3.8, 4) is 0 Å². The average Bonchev–Trinajstić information content (AvgIpc) is 3.45. The summed E-state index contributed by atoms with van der Waals surface area (Å²) in [4.78, 5) is 17.3. The normalized spacial score (nSPS) is 24.6. The van der Waals surface area contributed by atoms with Crippen molar-refractivity contribution in [1.82, 2.24) is 25.3 Å². The van der Waals surface area contributed by atoms with Crippen molar-refractivity contribution < 1.29 is 9.53 Å². The van der Waals surface area contributed by atoms with Crippen LogP contribution in [-0.2, 0) is 11.2 Å². The van der Waals surface area contributed by atoms with E-state index in [-0.39, 0.29) is 54.8 Å². The van der Waals surface area contributed by atoms with Crippen LogP contribution in [0.1, 0.15) is 47.8 Å². The molecule has 10 heteroatoms. The number of hydrogen-bond donors (Lipinski definition) is 2. The van der Waals surface area contributed by atoms with E-state index >= 15 is 0 Å². The zero-order chi connectivity index (χ0) is 21.2. The van der Waals surface area contributed by atoms with Crippen molar-refractivity contribution >= 4 is 41.6 Å². The minimum atomic E-state index is -0.196. The SMILES string of the molecule is Cl.Cl.NC1CCC(n2cc(C(=O)N[C@H]3COC[C@H]3Cc3ccnc4ccccc34)nn2)CC1. The second-order valence-electron chi connectivity index (χ2n) is 8.72. The van der Waals surface area contributed by atoms with Crippen LogP contribution in [0.2, 0.25) is 0 Å². The number of carbonyl (C=O) groups excluding carboxylic acids is 1. The highest BCUT2D eigenvalue weighted by molar-refractivity contribution is 5.92. The minimum absolute atomic E-state index is 0. The van der Waals surface area contributed by atoms with Crippen LogP contribution < -0.4 is 11.1 Å². The number of pyridine rings is 1. The van der Waals surface area contributed by atoms with Crippen LogP contribution in [0.15, 0.2) is 42.7 Å². The summed E-state index contributed by atoms with van der Waals surface area (Å²) in [6, 6.07) is 10.7.